The van der Waals surface area contributed by atoms with Crippen molar-refractivity contribution in [2.45, 2.75) is 38.1 Å². The first-order chi connectivity index (χ1) is 17.3. The van der Waals surface area contributed by atoms with E-state index in [1.54, 1.807) is 12.0 Å². The largest absolute Gasteiger partial charge is 0.497 e. The molecule has 2 N–H and O–H groups in total. The Hall–Kier alpha value is -3.47. The number of rotatable bonds is 9. The monoisotopic (exact) mass is 495 g/mol. The minimum absolute atomic E-state index is 0.0678. The molecule has 2 aliphatic heterocycles. The number of nitrogens with one attached hydrogen (secondary N) is 1. The Balaban J connectivity index is 1.57. The number of carboxylic acids is 1. The van der Waals surface area contributed by atoms with Crippen LogP contribution < -0.4 is 10.1 Å². The first kappa shape index (κ1) is 25.6. The third-order valence-corrected chi connectivity index (χ3v) is 6.90. The van der Waals surface area contributed by atoms with Crippen LogP contribution in [0.5, 0.6) is 5.75 Å². The van der Waals surface area contributed by atoms with E-state index in [-0.39, 0.29) is 30.9 Å². The number of ether oxygens (including phenoxy) is 1. The van der Waals surface area contributed by atoms with Crippen LogP contribution in [-0.2, 0) is 20.9 Å². The Morgan fingerprint density at radius 2 is 1.83 bits per heavy atom. The second-order valence-corrected chi connectivity index (χ2v) is 9.16. The number of carboxylic acid groups (broad SMARTS) is 1. The van der Waals surface area contributed by atoms with Crippen LogP contribution >= 0.6 is 0 Å². The molecule has 0 bridgehead atoms. The second kappa shape index (κ2) is 11.1. The van der Waals surface area contributed by atoms with Crippen LogP contribution in [0.4, 0.5) is 0 Å². The molecule has 0 radical (unpaired) electrons. The molecule has 0 aliphatic carbocycles. The highest BCUT2D eigenvalue weighted by molar-refractivity contribution is 5.93. The van der Waals surface area contributed by atoms with E-state index in [0.717, 1.165) is 16.9 Å². The van der Waals surface area contributed by atoms with Crippen molar-refractivity contribution in [3.8, 4) is 5.75 Å². The van der Waals surface area contributed by atoms with Crippen molar-refractivity contribution in [1.82, 2.24) is 25.1 Å². The molecule has 10 heteroatoms. The number of fused-ring (bicyclic) bond motifs is 1. The van der Waals surface area contributed by atoms with Gasteiger partial charge in [0.1, 0.15) is 18.0 Å². The molecule has 4 rings (SSSR count). The van der Waals surface area contributed by atoms with Crippen LogP contribution in [0.25, 0.3) is 0 Å². The predicted octanol–water partition coefficient (Wildman–Crippen LogP) is 1.51. The number of piperazine rings is 1. The topological polar surface area (TPSA) is 106 Å². The summed E-state index contributed by atoms with van der Waals surface area (Å²) in [4.78, 5) is 41.5. The van der Waals surface area contributed by atoms with E-state index in [9.17, 15) is 19.5 Å². The highest BCUT2D eigenvalue weighted by Gasteiger charge is 2.50. The number of hydrogen-bond acceptors (Lipinski definition) is 7. The highest BCUT2D eigenvalue weighted by atomic mass is 16.5. The number of amides is 2. The van der Waals surface area contributed by atoms with Gasteiger partial charge in [0.05, 0.1) is 39.3 Å². The van der Waals surface area contributed by atoms with Gasteiger partial charge >= 0.3 is 5.97 Å². The normalized spacial score (nSPS) is 21.9. The van der Waals surface area contributed by atoms with E-state index in [1.807, 2.05) is 78.6 Å². The number of hydrogen-bond donors (Lipinski definition) is 2. The van der Waals surface area contributed by atoms with Crippen molar-refractivity contribution in [3.05, 3.63) is 65.7 Å². The molecule has 192 valence electrons. The molecule has 2 aromatic rings. The Morgan fingerprint density at radius 3 is 2.47 bits per heavy atom. The lowest BCUT2D eigenvalue weighted by Crippen LogP contribution is -2.75. The third kappa shape index (κ3) is 5.35. The van der Waals surface area contributed by atoms with Crippen molar-refractivity contribution >= 4 is 17.8 Å². The lowest BCUT2D eigenvalue weighted by molar-refractivity contribution is -0.203. The highest BCUT2D eigenvalue weighted by Crippen LogP contribution is 2.32. The molecule has 2 saturated heterocycles. The van der Waals surface area contributed by atoms with Gasteiger partial charge < -0.3 is 19.6 Å². The molecule has 0 saturated carbocycles. The van der Waals surface area contributed by atoms with Crippen LogP contribution in [0.15, 0.2) is 54.6 Å². The van der Waals surface area contributed by atoms with Gasteiger partial charge in [0.2, 0.25) is 11.8 Å². The summed E-state index contributed by atoms with van der Waals surface area (Å²) >= 11 is 0. The Kier molecular flexibility index (Phi) is 7.88. The van der Waals surface area contributed by atoms with Gasteiger partial charge in [-0.2, -0.15) is 0 Å². The van der Waals surface area contributed by atoms with E-state index in [2.05, 4.69) is 5.32 Å². The number of carbonyl (C=O) groups is 3. The first-order valence-corrected chi connectivity index (χ1v) is 12.0. The zero-order chi connectivity index (χ0) is 25.8. The van der Waals surface area contributed by atoms with Crippen LogP contribution in [0.1, 0.15) is 30.5 Å². The van der Waals surface area contributed by atoms with E-state index >= 15 is 0 Å². The van der Waals surface area contributed by atoms with Gasteiger partial charge in [-0.1, -0.05) is 42.5 Å². The Labute approximate surface area is 211 Å². The standard InChI is InChI=1S/C26H33N5O5/c1-18(20-7-5-4-6-8-20)29-15-23-30(17-27-14-19-9-11-21(36-3)12-10-19)28(2)16-24(32)31(23)22(26(29)35)13-25(33)34/h4-12,18,22-23,27H,13-17H2,1-3H3,(H,33,34)/t18-,22-,23+/m0/s1. The van der Waals surface area contributed by atoms with Gasteiger partial charge in [-0.05, 0) is 30.2 Å². The fraction of sp³-hybridized carbons (Fsp3) is 0.423. The van der Waals surface area contributed by atoms with E-state index in [0.29, 0.717) is 13.2 Å². The maximum absolute atomic E-state index is 13.5. The van der Waals surface area contributed by atoms with Crippen LogP contribution in [-0.4, -0.2) is 88.8 Å². The second-order valence-electron chi connectivity index (χ2n) is 9.16. The number of aliphatic carboxylic acids is 1. The van der Waals surface area contributed by atoms with Gasteiger partial charge in [0.25, 0.3) is 0 Å². The molecule has 2 fully saturated rings. The Bertz CT molecular complexity index is 1080. The lowest BCUT2D eigenvalue weighted by Gasteiger charge is -2.55. The zero-order valence-electron chi connectivity index (χ0n) is 20.8. The summed E-state index contributed by atoms with van der Waals surface area (Å²) in [5, 5.41) is 16.8. The maximum Gasteiger partial charge on any atom is 0.305 e. The van der Waals surface area contributed by atoms with Gasteiger partial charge in [0.15, 0.2) is 0 Å². The van der Waals surface area contributed by atoms with Crippen molar-refractivity contribution in [3.63, 3.8) is 0 Å². The summed E-state index contributed by atoms with van der Waals surface area (Å²) in [7, 11) is 3.46. The van der Waals surface area contributed by atoms with Crippen molar-refractivity contribution < 1.29 is 24.2 Å². The molecule has 0 unspecified atom stereocenters. The molecule has 10 nitrogen and oxygen atoms in total. The summed E-state index contributed by atoms with van der Waals surface area (Å²) < 4.78 is 5.21. The third-order valence-electron chi connectivity index (χ3n) is 6.90. The molecule has 2 aliphatic rings. The maximum atomic E-state index is 13.5. The van der Waals surface area contributed by atoms with Crippen LogP contribution in [0.3, 0.4) is 0 Å². The number of nitrogens with zero attached hydrogens (tertiary/aromatic N) is 4. The average molecular weight is 496 g/mol. The molecule has 3 atom stereocenters. The van der Waals surface area contributed by atoms with Gasteiger partial charge in [-0.15, -0.1) is 0 Å². The molecule has 0 aromatic heterocycles. The average Bonchev–Trinajstić information content (AvgIpc) is 2.87. The minimum atomic E-state index is -1.11. The smallest absolute Gasteiger partial charge is 0.305 e. The summed E-state index contributed by atoms with van der Waals surface area (Å²) in [5.74, 6) is -0.917. The number of likely N-dealkylation sites (N-methyl/N-ethyl adjacent to an activating group) is 1. The van der Waals surface area contributed by atoms with E-state index in [4.69, 9.17) is 4.74 Å². The quantitative estimate of drug-likeness (QED) is 0.539. The summed E-state index contributed by atoms with van der Waals surface area (Å²) in [6, 6.07) is 16.1. The fourth-order valence-electron chi connectivity index (χ4n) is 4.94. The molecule has 0 spiro atoms. The summed E-state index contributed by atoms with van der Waals surface area (Å²) in [6.07, 6.45) is -0.927. The van der Waals surface area contributed by atoms with Gasteiger partial charge in [-0.3, -0.25) is 19.7 Å². The molecule has 36 heavy (non-hydrogen) atoms. The summed E-state index contributed by atoms with van der Waals surface area (Å²) in [6.45, 7) is 3.28. The lowest BCUT2D eigenvalue weighted by atomic mass is 9.99. The van der Waals surface area contributed by atoms with Crippen LogP contribution in [0, 0.1) is 0 Å². The Morgan fingerprint density at radius 1 is 1.14 bits per heavy atom. The molecular weight excluding hydrogens is 462 g/mol. The SMILES string of the molecule is COc1ccc(CNCN2[C@H]3CN([C@@H](C)c4ccccc4)C(=O)[C@H](CC(=O)O)N3C(=O)CN2C)cc1. The van der Waals surface area contributed by atoms with E-state index < -0.39 is 24.6 Å². The molecule has 2 aromatic carbocycles. The fourth-order valence-corrected chi connectivity index (χ4v) is 4.94. The first-order valence-electron chi connectivity index (χ1n) is 12.0. The van der Waals surface area contributed by atoms with Crippen molar-refractivity contribution in [2.75, 3.05) is 33.9 Å². The molecular formula is C26H33N5O5. The van der Waals surface area contributed by atoms with Gasteiger partial charge in [0, 0.05) is 13.6 Å². The number of methoxy groups -OCH3 is 1. The van der Waals surface area contributed by atoms with E-state index in [1.165, 1.54) is 4.90 Å². The van der Waals surface area contributed by atoms with Crippen molar-refractivity contribution in [2.24, 2.45) is 0 Å². The van der Waals surface area contributed by atoms with Gasteiger partial charge in [-0.25, -0.2) is 10.0 Å². The zero-order valence-corrected chi connectivity index (χ0v) is 20.8. The number of carbonyl (C=O) groups excluding carboxylic acids is 2. The van der Waals surface area contributed by atoms with Crippen LogP contribution in [0.2, 0.25) is 0 Å². The molecule has 2 heterocycles. The molecule has 2 amide bonds. The van der Waals surface area contributed by atoms with Crippen molar-refractivity contribution in [1.29, 1.82) is 0 Å². The predicted molar refractivity (Wildman–Crippen MR) is 132 cm³/mol. The number of hydrazine groups is 1. The number of benzene rings is 2. The summed E-state index contributed by atoms with van der Waals surface area (Å²) in [5.41, 5.74) is 2.03. The minimum Gasteiger partial charge on any atom is -0.497 e.